The molecule has 0 bridgehead atoms. The molecular formula is C9H8IN3O5. The molecule has 1 aromatic rings. The van der Waals surface area contributed by atoms with Crippen LogP contribution >= 0.6 is 22.6 Å². The Kier molecular flexibility index (Phi) is 4.97. The van der Waals surface area contributed by atoms with Crippen molar-refractivity contribution in [3.8, 4) is 0 Å². The van der Waals surface area contributed by atoms with Gasteiger partial charge in [-0.15, -0.1) is 0 Å². The number of hydrogen-bond acceptors (Lipinski definition) is 5. The molecule has 0 heterocycles. The fourth-order valence-electron chi connectivity index (χ4n) is 1.03. The van der Waals surface area contributed by atoms with Gasteiger partial charge in [0.1, 0.15) is 0 Å². The van der Waals surface area contributed by atoms with E-state index in [0.29, 0.717) is 3.57 Å². The highest BCUT2D eigenvalue weighted by atomic mass is 127. The minimum Gasteiger partial charge on any atom is -0.368 e. The average molecular weight is 365 g/mol. The molecule has 0 unspecified atom stereocenters. The summed E-state index contributed by atoms with van der Waals surface area (Å²) in [5, 5.41) is 10.6. The molecule has 96 valence electrons. The van der Waals surface area contributed by atoms with Gasteiger partial charge >= 0.3 is 0 Å². The second-order valence-electron chi connectivity index (χ2n) is 3.11. The number of halogens is 1. The van der Waals surface area contributed by atoms with E-state index in [0.717, 1.165) is 6.07 Å². The number of carbonyl (C=O) groups is 2. The maximum absolute atomic E-state index is 11.6. The van der Waals surface area contributed by atoms with Gasteiger partial charge in [0.25, 0.3) is 11.6 Å². The van der Waals surface area contributed by atoms with Crippen LogP contribution in [0.15, 0.2) is 18.2 Å². The lowest BCUT2D eigenvalue weighted by Crippen LogP contribution is -2.29. The Morgan fingerprint density at radius 2 is 2.17 bits per heavy atom. The number of nitro benzene ring substituents is 1. The van der Waals surface area contributed by atoms with E-state index in [4.69, 9.17) is 5.73 Å². The number of nitrogens with zero attached hydrogens (tertiary/aromatic N) is 1. The van der Waals surface area contributed by atoms with Crippen molar-refractivity contribution in [2.75, 3.05) is 6.61 Å². The van der Waals surface area contributed by atoms with Gasteiger partial charge in [0.2, 0.25) is 5.91 Å². The Balaban J connectivity index is 2.81. The van der Waals surface area contributed by atoms with Gasteiger partial charge in [-0.2, -0.15) is 0 Å². The lowest BCUT2D eigenvalue weighted by atomic mass is 10.2. The predicted molar refractivity (Wildman–Crippen MR) is 68.4 cm³/mol. The van der Waals surface area contributed by atoms with Gasteiger partial charge in [0.05, 0.1) is 10.5 Å². The van der Waals surface area contributed by atoms with Crippen molar-refractivity contribution in [1.82, 2.24) is 5.48 Å². The molecule has 18 heavy (non-hydrogen) atoms. The monoisotopic (exact) mass is 365 g/mol. The number of benzene rings is 1. The fourth-order valence-corrected chi connectivity index (χ4v) is 1.61. The standard InChI is InChI=1S/C9H8IN3O5/c10-7-2-1-5(13(16)17)3-6(7)9(15)12-18-4-8(11)14/h1-3H,4H2,(H2,11,14)(H,12,15). The molecule has 0 aliphatic heterocycles. The third kappa shape index (κ3) is 3.92. The van der Waals surface area contributed by atoms with Crippen molar-refractivity contribution >= 4 is 40.1 Å². The van der Waals surface area contributed by atoms with E-state index < -0.39 is 23.3 Å². The Bertz CT molecular complexity index is 505. The molecule has 2 amide bonds. The van der Waals surface area contributed by atoms with Crippen molar-refractivity contribution in [2.24, 2.45) is 5.73 Å². The van der Waals surface area contributed by atoms with Crippen molar-refractivity contribution in [2.45, 2.75) is 0 Å². The van der Waals surface area contributed by atoms with Crippen molar-refractivity contribution in [1.29, 1.82) is 0 Å². The SMILES string of the molecule is NC(=O)CONC(=O)c1cc([N+](=O)[O-])ccc1I. The fraction of sp³-hybridized carbons (Fsp3) is 0.111. The number of hydroxylamine groups is 1. The quantitative estimate of drug-likeness (QED) is 0.443. The highest BCUT2D eigenvalue weighted by Crippen LogP contribution is 2.19. The summed E-state index contributed by atoms with van der Waals surface area (Å²) >= 11 is 1.85. The van der Waals surface area contributed by atoms with Crippen molar-refractivity contribution < 1.29 is 19.3 Å². The molecule has 0 radical (unpaired) electrons. The van der Waals surface area contributed by atoms with Gasteiger partial charge in [-0.3, -0.25) is 24.5 Å². The van der Waals surface area contributed by atoms with Crippen LogP contribution in [0.25, 0.3) is 0 Å². The van der Waals surface area contributed by atoms with Gasteiger partial charge in [0.15, 0.2) is 6.61 Å². The van der Waals surface area contributed by atoms with Gasteiger partial charge < -0.3 is 5.73 Å². The molecule has 0 aromatic heterocycles. The van der Waals surface area contributed by atoms with Crippen LogP contribution in [-0.2, 0) is 9.63 Å². The van der Waals surface area contributed by atoms with E-state index in [2.05, 4.69) is 4.84 Å². The normalized spacial score (nSPS) is 9.83. The van der Waals surface area contributed by atoms with Crippen LogP contribution in [0.4, 0.5) is 5.69 Å². The minimum absolute atomic E-state index is 0.0780. The molecule has 0 spiro atoms. The number of primary amides is 1. The van der Waals surface area contributed by atoms with Gasteiger partial charge in [-0.25, -0.2) is 5.48 Å². The lowest BCUT2D eigenvalue weighted by molar-refractivity contribution is -0.384. The highest BCUT2D eigenvalue weighted by Gasteiger charge is 2.15. The number of nitro groups is 1. The molecule has 0 aliphatic carbocycles. The molecule has 0 aliphatic rings. The number of hydrogen-bond donors (Lipinski definition) is 2. The minimum atomic E-state index is -0.746. The zero-order valence-corrected chi connectivity index (χ0v) is 11.0. The Morgan fingerprint density at radius 1 is 1.50 bits per heavy atom. The van der Waals surface area contributed by atoms with E-state index in [1.54, 1.807) is 0 Å². The zero-order chi connectivity index (χ0) is 13.7. The number of non-ortho nitro benzene ring substituents is 1. The molecule has 3 N–H and O–H groups in total. The first-order valence-corrected chi connectivity index (χ1v) is 5.64. The van der Waals surface area contributed by atoms with Crippen LogP contribution in [0, 0.1) is 13.7 Å². The molecular weight excluding hydrogens is 357 g/mol. The van der Waals surface area contributed by atoms with Gasteiger partial charge in [-0.05, 0) is 28.7 Å². The summed E-state index contributed by atoms with van der Waals surface area (Å²) in [6.45, 7) is -0.475. The zero-order valence-electron chi connectivity index (χ0n) is 8.88. The third-order valence-corrected chi connectivity index (χ3v) is 2.73. The van der Waals surface area contributed by atoms with Crippen LogP contribution in [-0.4, -0.2) is 23.3 Å². The van der Waals surface area contributed by atoms with Crippen molar-refractivity contribution in [3.05, 3.63) is 37.4 Å². The highest BCUT2D eigenvalue weighted by molar-refractivity contribution is 14.1. The maximum Gasteiger partial charge on any atom is 0.276 e. The molecule has 0 saturated carbocycles. The molecule has 9 heteroatoms. The number of carbonyl (C=O) groups excluding carboxylic acids is 2. The second kappa shape index (κ2) is 6.26. The Hall–Kier alpha value is -1.75. The maximum atomic E-state index is 11.6. The number of amides is 2. The number of nitrogens with two attached hydrogens (primary N) is 1. The summed E-state index contributed by atoms with van der Waals surface area (Å²) in [5.74, 6) is -1.44. The van der Waals surface area contributed by atoms with Gasteiger partial charge in [-0.1, -0.05) is 0 Å². The summed E-state index contributed by atoms with van der Waals surface area (Å²) in [6.07, 6.45) is 0. The van der Waals surface area contributed by atoms with E-state index >= 15 is 0 Å². The third-order valence-electron chi connectivity index (χ3n) is 1.78. The summed E-state index contributed by atoms with van der Waals surface area (Å²) < 4.78 is 0.512. The predicted octanol–water partition coefficient (Wildman–Crippen LogP) is 0.346. The first kappa shape index (κ1) is 14.3. The average Bonchev–Trinajstić information content (AvgIpc) is 2.28. The summed E-state index contributed by atoms with van der Waals surface area (Å²) in [6, 6.07) is 3.83. The molecule has 1 aromatic carbocycles. The smallest absolute Gasteiger partial charge is 0.276 e. The molecule has 0 fully saturated rings. The Morgan fingerprint density at radius 3 is 2.72 bits per heavy atom. The van der Waals surface area contributed by atoms with Crippen LogP contribution in [0.2, 0.25) is 0 Å². The van der Waals surface area contributed by atoms with Gasteiger partial charge in [0, 0.05) is 15.7 Å². The van der Waals surface area contributed by atoms with E-state index in [1.807, 2.05) is 28.1 Å². The first-order chi connectivity index (χ1) is 8.41. The van der Waals surface area contributed by atoms with Crippen LogP contribution < -0.4 is 11.2 Å². The second-order valence-corrected chi connectivity index (χ2v) is 4.27. The lowest BCUT2D eigenvalue weighted by Gasteiger charge is -2.05. The van der Waals surface area contributed by atoms with Crippen molar-refractivity contribution in [3.63, 3.8) is 0 Å². The topological polar surface area (TPSA) is 125 Å². The number of rotatable bonds is 5. The molecule has 1 rings (SSSR count). The molecule has 0 saturated heterocycles. The largest absolute Gasteiger partial charge is 0.368 e. The van der Waals surface area contributed by atoms with Crippen LogP contribution in [0.5, 0.6) is 0 Å². The van der Waals surface area contributed by atoms with Crippen LogP contribution in [0.1, 0.15) is 10.4 Å². The summed E-state index contributed by atoms with van der Waals surface area (Å²) in [4.78, 5) is 36.5. The number of nitrogens with one attached hydrogen (secondary N) is 1. The Labute approximate surface area is 115 Å². The van der Waals surface area contributed by atoms with E-state index in [1.165, 1.54) is 12.1 Å². The first-order valence-electron chi connectivity index (χ1n) is 4.56. The summed E-state index contributed by atoms with van der Waals surface area (Å²) in [5.41, 5.74) is 6.64. The van der Waals surface area contributed by atoms with E-state index in [-0.39, 0.29) is 11.3 Å². The summed E-state index contributed by atoms with van der Waals surface area (Å²) in [7, 11) is 0. The van der Waals surface area contributed by atoms with E-state index in [9.17, 15) is 19.7 Å². The molecule has 0 atom stereocenters. The van der Waals surface area contributed by atoms with Crippen LogP contribution in [0.3, 0.4) is 0 Å². The molecule has 8 nitrogen and oxygen atoms in total.